The second-order valence-electron chi connectivity index (χ2n) is 6.64. The van der Waals surface area contributed by atoms with Crippen LogP contribution in [-0.2, 0) is 4.79 Å². The average molecular weight is 586 g/mol. The molecule has 4 nitrogen and oxygen atoms in total. The first-order chi connectivity index (χ1) is 15.7. The molecule has 0 saturated carbocycles. The number of carbonyl (C=O) groups is 1. The van der Waals surface area contributed by atoms with Crippen molar-refractivity contribution in [1.82, 2.24) is 0 Å². The lowest BCUT2D eigenvalue weighted by Gasteiger charge is -2.12. The predicted molar refractivity (Wildman–Crippen MR) is 130 cm³/mol. The third-order valence-electron chi connectivity index (χ3n) is 4.28. The summed E-state index contributed by atoms with van der Waals surface area (Å²) in [4.78, 5) is 11.6. The standard InChI is InChI=1S/C24H18F3IO4S/c25-24(26,27)32-18-8-6-17(7-9-18)20(16-4-2-1-3-5-16)12-13-33-19-10-11-22(21(28)14-19)31-15-23(29)30/h1-12,14H,13,15H2,(H,29,30). The highest BCUT2D eigenvalue weighted by molar-refractivity contribution is 14.1. The number of hydrogen-bond acceptors (Lipinski definition) is 4. The molecule has 0 aliphatic rings. The topological polar surface area (TPSA) is 55.8 Å². The van der Waals surface area contributed by atoms with E-state index in [1.165, 1.54) is 12.1 Å². The van der Waals surface area contributed by atoms with Crippen molar-refractivity contribution in [3.63, 3.8) is 0 Å². The third kappa shape index (κ3) is 8.01. The lowest BCUT2D eigenvalue weighted by Crippen LogP contribution is -2.17. The number of thioether (sulfide) groups is 1. The normalized spacial score (nSPS) is 11.8. The first-order valence-corrected chi connectivity index (χ1v) is 11.7. The first-order valence-electron chi connectivity index (χ1n) is 9.60. The van der Waals surface area contributed by atoms with Crippen molar-refractivity contribution in [2.75, 3.05) is 12.4 Å². The van der Waals surface area contributed by atoms with Gasteiger partial charge in [0.05, 0.1) is 3.57 Å². The van der Waals surface area contributed by atoms with Crippen LogP contribution < -0.4 is 9.47 Å². The Balaban J connectivity index is 1.76. The van der Waals surface area contributed by atoms with E-state index in [9.17, 15) is 18.0 Å². The summed E-state index contributed by atoms with van der Waals surface area (Å²) in [5.41, 5.74) is 2.59. The average Bonchev–Trinajstić information content (AvgIpc) is 2.76. The maximum absolute atomic E-state index is 12.5. The Hall–Kier alpha value is -2.66. The number of alkyl halides is 3. The maximum Gasteiger partial charge on any atom is 0.573 e. The van der Waals surface area contributed by atoms with E-state index in [1.807, 2.05) is 48.5 Å². The molecule has 172 valence electrons. The monoisotopic (exact) mass is 586 g/mol. The highest BCUT2D eigenvalue weighted by Gasteiger charge is 2.31. The fraction of sp³-hybridized carbons (Fsp3) is 0.125. The van der Waals surface area contributed by atoms with Gasteiger partial charge < -0.3 is 14.6 Å². The zero-order chi connectivity index (χ0) is 23.8. The molecule has 0 saturated heterocycles. The van der Waals surface area contributed by atoms with Crippen molar-refractivity contribution < 1.29 is 32.5 Å². The van der Waals surface area contributed by atoms with Gasteiger partial charge in [-0.2, -0.15) is 0 Å². The van der Waals surface area contributed by atoms with Crippen LogP contribution >= 0.6 is 34.4 Å². The SMILES string of the molecule is O=C(O)COc1ccc(SCC=C(c2ccccc2)c2ccc(OC(F)(F)F)cc2)cc1I. The summed E-state index contributed by atoms with van der Waals surface area (Å²) in [5, 5.41) is 8.75. The van der Waals surface area contributed by atoms with Gasteiger partial charge in [0.2, 0.25) is 0 Å². The first kappa shape index (κ1) is 25.0. The molecule has 3 aromatic carbocycles. The minimum Gasteiger partial charge on any atom is -0.481 e. The van der Waals surface area contributed by atoms with Crippen molar-refractivity contribution in [3.8, 4) is 11.5 Å². The third-order valence-corrected chi connectivity index (χ3v) is 6.04. The van der Waals surface area contributed by atoms with Gasteiger partial charge in [-0.15, -0.1) is 24.9 Å². The van der Waals surface area contributed by atoms with E-state index in [2.05, 4.69) is 27.3 Å². The van der Waals surface area contributed by atoms with Gasteiger partial charge >= 0.3 is 12.3 Å². The van der Waals surface area contributed by atoms with Crippen molar-refractivity contribution in [2.24, 2.45) is 0 Å². The Morgan fingerprint density at radius 2 is 1.67 bits per heavy atom. The minimum atomic E-state index is -4.73. The Labute approximate surface area is 206 Å². The van der Waals surface area contributed by atoms with Crippen LogP contribution in [0.4, 0.5) is 13.2 Å². The molecule has 0 radical (unpaired) electrons. The number of halogens is 4. The second kappa shape index (κ2) is 11.5. The van der Waals surface area contributed by atoms with Gasteiger partial charge in [-0.1, -0.05) is 48.5 Å². The van der Waals surface area contributed by atoms with E-state index in [0.29, 0.717) is 11.5 Å². The lowest BCUT2D eigenvalue weighted by atomic mass is 9.98. The van der Waals surface area contributed by atoms with Gasteiger partial charge in [-0.3, -0.25) is 0 Å². The van der Waals surface area contributed by atoms with Crippen LogP contribution in [-0.4, -0.2) is 29.8 Å². The number of benzene rings is 3. The molecule has 0 spiro atoms. The van der Waals surface area contributed by atoms with E-state index in [1.54, 1.807) is 30.0 Å². The maximum atomic E-state index is 12.5. The molecular formula is C24H18F3IO4S. The van der Waals surface area contributed by atoms with Crippen molar-refractivity contribution in [2.45, 2.75) is 11.3 Å². The van der Waals surface area contributed by atoms with Crippen LogP contribution in [0.25, 0.3) is 5.57 Å². The smallest absolute Gasteiger partial charge is 0.481 e. The van der Waals surface area contributed by atoms with Gasteiger partial charge in [0.15, 0.2) is 6.61 Å². The number of rotatable bonds is 9. The van der Waals surface area contributed by atoms with Crippen LogP contribution in [0.3, 0.4) is 0 Å². The number of ether oxygens (including phenoxy) is 2. The lowest BCUT2D eigenvalue weighted by molar-refractivity contribution is -0.274. The minimum absolute atomic E-state index is 0.271. The van der Waals surface area contributed by atoms with E-state index in [-0.39, 0.29) is 5.75 Å². The summed E-state index contributed by atoms with van der Waals surface area (Å²) in [6.45, 7) is -0.404. The van der Waals surface area contributed by atoms with Gasteiger partial charge in [0.25, 0.3) is 0 Å². The van der Waals surface area contributed by atoms with Crippen molar-refractivity contribution >= 4 is 45.9 Å². The van der Waals surface area contributed by atoms with Crippen molar-refractivity contribution in [3.05, 3.63) is 93.6 Å². The van der Waals surface area contributed by atoms with E-state index in [0.717, 1.165) is 25.2 Å². The van der Waals surface area contributed by atoms with Gasteiger partial charge in [0, 0.05) is 10.6 Å². The summed E-state index contributed by atoms with van der Waals surface area (Å²) in [6, 6.07) is 20.8. The van der Waals surface area contributed by atoms with E-state index < -0.39 is 18.9 Å². The molecule has 0 heterocycles. The highest BCUT2D eigenvalue weighted by atomic mass is 127. The quantitative estimate of drug-likeness (QED) is 0.219. The van der Waals surface area contributed by atoms with Crippen LogP contribution in [0.15, 0.2) is 83.8 Å². The molecule has 0 amide bonds. The molecule has 0 aliphatic carbocycles. The fourth-order valence-electron chi connectivity index (χ4n) is 2.91. The molecule has 0 aromatic heterocycles. The largest absolute Gasteiger partial charge is 0.573 e. The molecule has 3 aromatic rings. The van der Waals surface area contributed by atoms with Gasteiger partial charge in [-0.25, -0.2) is 4.79 Å². The zero-order valence-electron chi connectivity index (χ0n) is 17.0. The summed E-state index contributed by atoms with van der Waals surface area (Å²) in [7, 11) is 0. The van der Waals surface area contributed by atoms with Crippen LogP contribution in [0.5, 0.6) is 11.5 Å². The highest BCUT2D eigenvalue weighted by Crippen LogP contribution is 2.31. The molecule has 0 bridgehead atoms. The van der Waals surface area contributed by atoms with Crippen molar-refractivity contribution in [1.29, 1.82) is 0 Å². The summed E-state index contributed by atoms with van der Waals surface area (Å²) < 4.78 is 47.4. The fourth-order valence-corrected chi connectivity index (χ4v) is 4.60. The molecule has 0 unspecified atom stereocenters. The zero-order valence-corrected chi connectivity index (χ0v) is 20.0. The Kier molecular flexibility index (Phi) is 8.67. The number of aliphatic carboxylic acids is 1. The Morgan fingerprint density at radius 3 is 2.27 bits per heavy atom. The Bertz CT molecular complexity index is 1120. The van der Waals surface area contributed by atoms with Gasteiger partial charge in [0.1, 0.15) is 11.5 Å². The summed E-state index contributed by atoms with van der Waals surface area (Å²) in [5.74, 6) is -0.200. The number of hydrogen-bond donors (Lipinski definition) is 1. The van der Waals surface area contributed by atoms with Crippen LogP contribution in [0.2, 0.25) is 0 Å². The predicted octanol–water partition coefficient (Wildman–Crippen LogP) is 6.88. The number of carboxylic acid groups (broad SMARTS) is 1. The van der Waals surface area contributed by atoms with Crippen LogP contribution in [0.1, 0.15) is 11.1 Å². The number of carboxylic acids is 1. The van der Waals surface area contributed by atoms with Gasteiger partial charge in [-0.05, 0) is 69.6 Å². The molecule has 1 N–H and O–H groups in total. The molecule has 3 rings (SSSR count). The second-order valence-corrected chi connectivity index (χ2v) is 8.90. The molecular weight excluding hydrogens is 568 g/mol. The van der Waals surface area contributed by atoms with E-state index >= 15 is 0 Å². The molecule has 0 aliphatic heterocycles. The molecule has 0 atom stereocenters. The molecule has 33 heavy (non-hydrogen) atoms. The van der Waals surface area contributed by atoms with Crippen LogP contribution in [0, 0.1) is 3.57 Å². The Morgan fingerprint density at radius 1 is 1.00 bits per heavy atom. The summed E-state index contributed by atoms with van der Waals surface area (Å²) >= 11 is 3.66. The molecule has 9 heteroatoms. The molecule has 0 fully saturated rings. The summed E-state index contributed by atoms with van der Waals surface area (Å²) in [6.07, 6.45) is -2.72. The van der Waals surface area contributed by atoms with E-state index in [4.69, 9.17) is 9.84 Å².